The third-order valence-corrected chi connectivity index (χ3v) is 4.66. The maximum Gasteiger partial charge on any atom is 0.409 e. The van der Waals surface area contributed by atoms with Crippen LogP contribution in [0.15, 0.2) is 12.1 Å². The summed E-state index contributed by atoms with van der Waals surface area (Å²) in [6, 6.07) is 3.47. The van der Waals surface area contributed by atoms with Crippen molar-refractivity contribution < 1.29 is 19.4 Å². The largest absolute Gasteiger partial charge is 0.494 e. The number of anilines is 2. The smallest absolute Gasteiger partial charge is 0.409 e. The number of carbonyl (C=O) groups is 1. The molecule has 1 fully saturated rings. The summed E-state index contributed by atoms with van der Waals surface area (Å²) in [4.78, 5) is 24.6. The Bertz CT molecular complexity index is 878. The summed E-state index contributed by atoms with van der Waals surface area (Å²) < 4.78 is 10.5. The van der Waals surface area contributed by atoms with Gasteiger partial charge in [-0.3, -0.25) is 0 Å². The Balaban J connectivity index is 1.72. The van der Waals surface area contributed by atoms with E-state index >= 15 is 0 Å². The molecule has 0 radical (unpaired) electrons. The van der Waals surface area contributed by atoms with Gasteiger partial charge in [-0.2, -0.15) is 4.98 Å². The lowest BCUT2D eigenvalue weighted by molar-refractivity contribution is -0.00415. The topological polar surface area (TPSA) is 114 Å². The van der Waals surface area contributed by atoms with Crippen molar-refractivity contribution in [1.82, 2.24) is 14.9 Å². The van der Waals surface area contributed by atoms with Crippen LogP contribution >= 0.6 is 11.6 Å². The van der Waals surface area contributed by atoms with E-state index in [0.29, 0.717) is 53.8 Å². The number of aliphatic hydroxyl groups is 1. The molecule has 152 valence electrons. The monoisotopic (exact) mass is 409 g/mol. The van der Waals surface area contributed by atoms with Crippen molar-refractivity contribution in [1.29, 1.82) is 0 Å². The molecule has 0 saturated carbocycles. The molecule has 1 amide bonds. The molecule has 1 aliphatic rings. The highest BCUT2D eigenvalue weighted by Crippen LogP contribution is 2.36. The van der Waals surface area contributed by atoms with E-state index in [0.717, 1.165) is 0 Å². The van der Waals surface area contributed by atoms with Crippen LogP contribution in [0.5, 0.6) is 5.75 Å². The number of hydrogen-bond donors (Lipinski definition) is 2. The second kappa shape index (κ2) is 7.84. The second-order valence-corrected chi connectivity index (χ2v) is 7.63. The molecule has 0 unspecified atom stereocenters. The summed E-state index contributed by atoms with van der Waals surface area (Å²) in [5, 5.41) is 10.7. The number of aromatic nitrogens is 2. The SMILES string of the molecule is COc1c(Cl)ccc2nc(N3CCN(C(=O)OCC(C)(C)O)CC3)nc(N)c12. The van der Waals surface area contributed by atoms with E-state index in [1.54, 1.807) is 30.9 Å². The van der Waals surface area contributed by atoms with Crippen molar-refractivity contribution in [2.24, 2.45) is 0 Å². The zero-order chi connectivity index (χ0) is 20.5. The van der Waals surface area contributed by atoms with Crippen molar-refractivity contribution in [3.8, 4) is 5.75 Å². The van der Waals surface area contributed by atoms with Gasteiger partial charge < -0.3 is 30.1 Å². The number of piperazine rings is 1. The minimum atomic E-state index is -1.06. The third kappa shape index (κ3) is 4.31. The maximum atomic E-state index is 12.1. The van der Waals surface area contributed by atoms with Gasteiger partial charge in [-0.15, -0.1) is 0 Å². The van der Waals surface area contributed by atoms with Gasteiger partial charge in [0.15, 0.2) is 5.75 Å². The van der Waals surface area contributed by atoms with Gasteiger partial charge in [0.25, 0.3) is 0 Å². The normalized spacial score (nSPS) is 15.0. The number of methoxy groups -OCH3 is 1. The van der Waals surface area contributed by atoms with Crippen LogP contribution in [-0.2, 0) is 4.74 Å². The van der Waals surface area contributed by atoms with E-state index in [9.17, 15) is 9.90 Å². The molecular weight excluding hydrogens is 386 g/mol. The quantitative estimate of drug-likeness (QED) is 0.786. The first-order valence-corrected chi connectivity index (χ1v) is 9.26. The molecular formula is C18H24ClN5O4. The van der Waals surface area contributed by atoms with Gasteiger partial charge in [0, 0.05) is 26.2 Å². The molecule has 9 nitrogen and oxygen atoms in total. The van der Waals surface area contributed by atoms with Crippen LogP contribution in [0, 0.1) is 0 Å². The molecule has 0 atom stereocenters. The summed E-state index contributed by atoms with van der Waals surface area (Å²) in [7, 11) is 1.52. The van der Waals surface area contributed by atoms with Crippen molar-refractivity contribution in [3.63, 3.8) is 0 Å². The summed E-state index contributed by atoms with van der Waals surface area (Å²) >= 11 is 6.15. The van der Waals surface area contributed by atoms with Crippen molar-refractivity contribution in [2.75, 3.05) is 50.5 Å². The Morgan fingerprint density at radius 2 is 1.96 bits per heavy atom. The Hall–Kier alpha value is -2.52. The summed E-state index contributed by atoms with van der Waals surface area (Å²) in [5.74, 6) is 1.22. The molecule has 2 heterocycles. The fraction of sp³-hybridized carbons (Fsp3) is 0.500. The number of hydrogen-bond acceptors (Lipinski definition) is 8. The third-order valence-electron chi connectivity index (χ3n) is 4.36. The van der Waals surface area contributed by atoms with E-state index in [4.69, 9.17) is 26.8 Å². The Morgan fingerprint density at radius 3 is 2.57 bits per heavy atom. The number of nitrogens with zero attached hydrogens (tertiary/aromatic N) is 4. The number of nitrogen functional groups attached to an aromatic ring is 1. The number of ether oxygens (including phenoxy) is 2. The van der Waals surface area contributed by atoms with E-state index in [-0.39, 0.29) is 12.4 Å². The molecule has 0 spiro atoms. The highest BCUT2D eigenvalue weighted by atomic mass is 35.5. The first kappa shape index (κ1) is 20.2. The number of halogens is 1. The zero-order valence-corrected chi connectivity index (χ0v) is 16.9. The van der Waals surface area contributed by atoms with Gasteiger partial charge in [0.2, 0.25) is 5.95 Å². The molecule has 1 aromatic carbocycles. The number of rotatable bonds is 4. The van der Waals surface area contributed by atoms with Gasteiger partial charge in [0.1, 0.15) is 12.4 Å². The zero-order valence-electron chi connectivity index (χ0n) is 16.1. The van der Waals surface area contributed by atoms with Gasteiger partial charge in [-0.1, -0.05) is 11.6 Å². The lowest BCUT2D eigenvalue weighted by Crippen LogP contribution is -2.50. The average molecular weight is 410 g/mol. The number of amides is 1. The molecule has 1 saturated heterocycles. The highest BCUT2D eigenvalue weighted by molar-refractivity contribution is 6.33. The van der Waals surface area contributed by atoms with Crippen LogP contribution in [0.3, 0.4) is 0 Å². The van der Waals surface area contributed by atoms with Gasteiger partial charge in [-0.05, 0) is 26.0 Å². The Labute approximate surface area is 168 Å². The van der Waals surface area contributed by atoms with Crippen molar-refractivity contribution >= 4 is 40.4 Å². The summed E-state index contributed by atoms with van der Waals surface area (Å²) in [5.41, 5.74) is 5.72. The predicted octanol–water partition coefficient (Wildman–Crippen LogP) is 1.90. The predicted molar refractivity (Wildman–Crippen MR) is 107 cm³/mol. The van der Waals surface area contributed by atoms with Gasteiger partial charge in [0.05, 0.1) is 28.6 Å². The van der Waals surface area contributed by atoms with Crippen molar-refractivity contribution in [2.45, 2.75) is 19.4 Å². The molecule has 0 bridgehead atoms. The van der Waals surface area contributed by atoms with Crippen LogP contribution in [-0.4, -0.2) is 71.6 Å². The molecule has 1 aliphatic heterocycles. The van der Waals surface area contributed by atoms with Gasteiger partial charge in [-0.25, -0.2) is 9.78 Å². The molecule has 2 aromatic rings. The van der Waals surface area contributed by atoms with Gasteiger partial charge >= 0.3 is 6.09 Å². The molecule has 3 N–H and O–H groups in total. The number of carbonyl (C=O) groups excluding carboxylic acids is 1. The first-order chi connectivity index (χ1) is 13.2. The first-order valence-electron chi connectivity index (χ1n) is 8.88. The Kier molecular flexibility index (Phi) is 5.66. The van der Waals surface area contributed by atoms with E-state index in [1.165, 1.54) is 7.11 Å². The van der Waals surface area contributed by atoms with Crippen molar-refractivity contribution in [3.05, 3.63) is 17.2 Å². The van der Waals surface area contributed by atoms with Crippen LogP contribution in [0.4, 0.5) is 16.6 Å². The minimum Gasteiger partial charge on any atom is -0.494 e. The average Bonchev–Trinajstić information content (AvgIpc) is 2.66. The lowest BCUT2D eigenvalue weighted by Gasteiger charge is -2.34. The molecule has 0 aliphatic carbocycles. The highest BCUT2D eigenvalue weighted by Gasteiger charge is 2.26. The summed E-state index contributed by atoms with van der Waals surface area (Å²) in [6.45, 7) is 5.09. The molecule has 1 aromatic heterocycles. The second-order valence-electron chi connectivity index (χ2n) is 7.22. The summed E-state index contributed by atoms with van der Waals surface area (Å²) in [6.07, 6.45) is -0.444. The Morgan fingerprint density at radius 1 is 1.29 bits per heavy atom. The van der Waals surface area contributed by atoms with E-state index < -0.39 is 11.7 Å². The van der Waals surface area contributed by atoms with E-state index in [2.05, 4.69) is 9.97 Å². The lowest BCUT2D eigenvalue weighted by atomic mass is 10.2. The minimum absolute atomic E-state index is 0.0548. The molecule has 28 heavy (non-hydrogen) atoms. The standard InChI is InChI=1S/C18H24ClN5O4/c1-18(2,26)10-28-17(25)24-8-6-23(7-9-24)16-21-12-5-4-11(19)14(27-3)13(12)15(20)22-16/h4-5,26H,6-10H2,1-3H3,(H2,20,21,22). The number of fused-ring (bicyclic) bond motifs is 1. The van der Waals surface area contributed by atoms with Crippen LogP contribution in [0.25, 0.3) is 10.9 Å². The number of benzene rings is 1. The molecule has 3 rings (SSSR count). The fourth-order valence-electron chi connectivity index (χ4n) is 2.94. The van der Waals surface area contributed by atoms with E-state index in [1.807, 2.05) is 4.90 Å². The van der Waals surface area contributed by atoms with Crippen LogP contribution < -0.4 is 15.4 Å². The van der Waals surface area contributed by atoms with Crippen LogP contribution in [0.1, 0.15) is 13.8 Å². The number of nitrogens with two attached hydrogens (primary N) is 1. The molecule has 10 heteroatoms. The fourth-order valence-corrected chi connectivity index (χ4v) is 3.18. The van der Waals surface area contributed by atoms with Crippen LogP contribution in [0.2, 0.25) is 5.02 Å². The maximum absolute atomic E-state index is 12.1.